The molecule has 0 spiro atoms. The maximum Gasteiger partial charge on any atom is 0.257 e. The molecule has 0 unspecified atom stereocenters. The molecule has 0 radical (unpaired) electrons. The number of fused-ring (bicyclic) bond motifs is 1. The Morgan fingerprint density at radius 3 is 2.80 bits per heavy atom. The summed E-state index contributed by atoms with van der Waals surface area (Å²) in [6.45, 7) is 3.14. The van der Waals surface area contributed by atoms with Crippen molar-refractivity contribution in [3.8, 4) is 5.75 Å². The van der Waals surface area contributed by atoms with Gasteiger partial charge in [-0.1, -0.05) is 30.7 Å². The molecule has 1 aromatic heterocycles. The topological polar surface area (TPSA) is 60.3 Å². The zero-order valence-corrected chi connectivity index (χ0v) is 14.8. The molecule has 0 aliphatic carbocycles. The van der Waals surface area contributed by atoms with Crippen LogP contribution in [0.3, 0.4) is 0 Å². The highest BCUT2D eigenvalue weighted by Crippen LogP contribution is 2.24. The van der Waals surface area contributed by atoms with Gasteiger partial charge in [-0.25, -0.2) is 0 Å². The lowest BCUT2D eigenvalue weighted by molar-refractivity contribution is 0.0945. The molecule has 1 aliphatic rings. The molecule has 132 valence electrons. The lowest BCUT2D eigenvalue weighted by Crippen LogP contribution is -2.30. The Hall–Kier alpha value is -2.56. The van der Waals surface area contributed by atoms with Gasteiger partial charge in [0.15, 0.2) is 0 Å². The number of aryl methyl sites for hydroxylation is 1. The summed E-state index contributed by atoms with van der Waals surface area (Å²) in [4.78, 5) is 25.2. The highest BCUT2D eigenvalue weighted by atomic mass is 16.5. The summed E-state index contributed by atoms with van der Waals surface area (Å²) >= 11 is 0. The minimum Gasteiger partial charge on any atom is -0.496 e. The minimum absolute atomic E-state index is 0.0933. The van der Waals surface area contributed by atoms with E-state index in [0.29, 0.717) is 24.4 Å². The zero-order valence-electron chi connectivity index (χ0n) is 14.8. The summed E-state index contributed by atoms with van der Waals surface area (Å²) in [6, 6.07) is 9.40. The maximum atomic E-state index is 12.9. The first kappa shape index (κ1) is 17.3. The Morgan fingerprint density at radius 1 is 1.24 bits per heavy atom. The monoisotopic (exact) mass is 340 g/mol. The number of pyridine rings is 1. The van der Waals surface area contributed by atoms with Crippen LogP contribution in [0, 0.1) is 6.92 Å². The smallest absolute Gasteiger partial charge is 0.257 e. The zero-order chi connectivity index (χ0) is 17.8. The van der Waals surface area contributed by atoms with Crippen molar-refractivity contribution in [3.63, 3.8) is 0 Å². The van der Waals surface area contributed by atoms with E-state index >= 15 is 0 Å². The molecule has 5 heteroatoms. The first-order valence-electron chi connectivity index (χ1n) is 8.75. The number of hydrogen-bond acceptors (Lipinski definition) is 3. The van der Waals surface area contributed by atoms with Crippen LogP contribution in [-0.4, -0.2) is 17.6 Å². The summed E-state index contributed by atoms with van der Waals surface area (Å²) in [5.74, 6) is 0.172. The van der Waals surface area contributed by atoms with Gasteiger partial charge in [0.1, 0.15) is 11.3 Å². The molecule has 1 N–H and O–H groups in total. The number of nitrogens with zero attached hydrogens (tertiary/aromatic N) is 1. The molecule has 1 amide bonds. The van der Waals surface area contributed by atoms with Crippen molar-refractivity contribution in [1.82, 2.24) is 9.88 Å². The third-order valence-corrected chi connectivity index (χ3v) is 4.82. The van der Waals surface area contributed by atoms with Crippen molar-refractivity contribution in [3.05, 3.63) is 63.1 Å². The standard InChI is InChI=1S/C20H24N2O3/c1-14-8-5-6-9-15(14)13-21-20(24)19-16-10-4-3-7-11-22(16)18(23)12-17(19)25-2/h5-6,8-9,12H,3-4,7,10-11,13H2,1-2H3,(H,21,24). The molecule has 0 saturated carbocycles. The third kappa shape index (κ3) is 3.60. The quantitative estimate of drug-likeness (QED) is 0.931. The minimum atomic E-state index is -0.189. The van der Waals surface area contributed by atoms with E-state index in [1.165, 1.54) is 13.2 Å². The molecule has 0 atom stereocenters. The number of hydrogen-bond donors (Lipinski definition) is 1. The number of aromatic nitrogens is 1. The normalized spacial score (nSPS) is 13.7. The Kier molecular flexibility index (Phi) is 5.22. The van der Waals surface area contributed by atoms with Crippen molar-refractivity contribution >= 4 is 5.91 Å². The molecule has 0 fully saturated rings. The number of nitrogens with one attached hydrogen (secondary N) is 1. The van der Waals surface area contributed by atoms with Gasteiger partial charge in [0.25, 0.3) is 11.5 Å². The number of carbonyl (C=O) groups excluding carboxylic acids is 1. The summed E-state index contributed by atoms with van der Waals surface area (Å²) in [5.41, 5.74) is 3.41. The van der Waals surface area contributed by atoms with Crippen LogP contribution in [-0.2, 0) is 19.5 Å². The van der Waals surface area contributed by atoms with Gasteiger partial charge in [0, 0.05) is 24.8 Å². The summed E-state index contributed by atoms with van der Waals surface area (Å²) in [6.07, 6.45) is 3.72. The maximum absolute atomic E-state index is 12.9. The van der Waals surface area contributed by atoms with Crippen LogP contribution >= 0.6 is 0 Å². The highest BCUT2D eigenvalue weighted by molar-refractivity contribution is 5.98. The number of carbonyl (C=O) groups is 1. The molecule has 5 nitrogen and oxygen atoms in total. The number of amides is 1. The average molecular weight is 340 g/mol. The van der Waals surface area contributed by atoms with Crippen molar-refractivity contribution < 1.29 is 9.53 Å². The van der Waals surface area contributed by atoms with Crippen molar-refractivity contribution in [2.75, 3.05) is 7.11 Å². The molecule has 2 aromatic rings. The van der Waals surface area contributed by atoms with E-state index in [1.807, 2.05) is 31.2 Å². The van der Waals surface area contributed by atoms with E-state index in [0.717, 1.165) is 42.5 Å². The number of ether oxygens (including phenoxy) is 1. The first-order valence-corrected chi connectivity index (χ1v) is 8.75. The van der Waals surface area contributed by atoms with Crippen LogP contribution < -0.4 is 15.6 Å². The molecule has 2 heterocycles. The Balaban J connectivity index is 1.93. The average Bonchev–Trinajstić information content (AvgIpc) is 2.87. The predicted molar refractivity (Wildman–Crippen MR) is 97.2 cm³/mol. The number of benzene rings is 1. The van der Waals surface area contributed by atoms with E-state index in [1.54, 1.807) is 4.57 Å². The summed E-state index contributed by atoms with van der Waals surface area (Å²) < 4.78 is 7.09. The van der Waals surface area contributed by atoms with Gasteiger partial charge in [-0.05, 0) is 37.3 Å². The van der Waals surface area contributed by atoms with Crippen molar-refractivity contribution in [2.45, 2.75) is 45.7 Å². The van der Waals surface area contributed by atoms with Crippen LogP contribution in [0.1, 0.15) is 46.4 Å². The number of rotatable bonds is 4. The Labute approximate surface area is 147 Å². The largest absolute Gasteiger partial charge is 0.496 e. The Morgan fingerprint density at radius 2 is 2.04 bits per heavy atom. The first-order chi connectivity index (χ1) is 12.1. The third-order valence-electron chi connectivity index (χ3n) is 4.82. The molecular weight excluding hydrogens is 316 g/mol. The molecule has 0 saturated heterocycles. The second kappa shape index (κ2) is 7.55. The molecule has 0 bridgehead atoms. The van der Waals surface area contributed by atoms with Gasteiger partial charge in [0.2, 0.25) is 0 Å². The fraction of sp³-hybridized carbons (Fsp3) is 0.400. The van der Waals surface area contributed by atoms with E-state index in [9.17, 15) is 9.59 Å². The van der Waals surface area contributed by atoms with Crippen LogP contribution in [0.5, 0.6) is 5.75 Å². The number of methoxy groups -OCH3 is 1. The fourth-order valence-electron chi connectivity index (χ4n) is 3.39. The van der Waals surface area contributed by atoms with E-state index in [4.69, 9.17) is 4.74 Å². The van der Waals surface area contributed by atoms with Crippen molar-refractivity contribution in [2.24, 2.45) is 0 Å². The SMILES string of the molecule is COc1cc(=O)n2c(c1C(=O)NCc1ccccc1C)CCCCC2. The van der Waals surface area contributed by atoms with E-state index in [2.05, 4.69) is 5.32 Å². The van der Waals surface area contributed by atoms with Gasteiger partial charge in [-0.2, -0.15) is 0 Å². The van der Waals surface area contributed by atoms with Crippen LogP contribution in [0.2, 0.25) is 0 Å². The lowest BCUT2D eigenvalue weighted by atomic mass is 10.1. The second-order valence-corrected chi connectivity index (χ2v) is 6.44. The van der Waals surface area contributed by atoms with Gasteiger partial charge in [-0.3, -0.25) is 9.59 Å². The molecule has 25 heavy (non-hydrogen) atoms. The predicted octanol–water partition coefficient (Wildman–Crippen LogP) is 2.82. The van der Waals surface area contributed by atoms with Gasteiger partial charge in [0.05, 0.1) is 7.11 Å². The second-order valence-electron chi connectivity index (χ2n) is 6.44. The van der Waals surface area contributed by atoms with E-state index < -0.39 is 0 Å². The Bertz CT molecular complexity index is 839. The fourth-order valence-corrected chi connectivity index (χ4v) is 3.39. The summed E-state index contributed by atoms with van der Waals surface area (Å²) in [5, 5.41) is 2.99. The molecule has 1 aliphatic heterocycles. The highest BCUT2D eigenvalue weighted by Gasteiger charge is 2.23. The summed E-state index contributed by atoms with van der Waals surface area (Å²) in [7, 11) is 1.50. The van der Waals surface area contributed by atoms with Crippen LogP contribution in [0.25, 0.3) is 0 Å². The van der Waals surface area contributed by atoms with Crippen molar-refractivity contribution in [1.29, 1.82) is 0 Å². The van der Waals surface area contributed by atoms with Gasteiger partial charge >= 0.3 is 0 Å². The van der Waals surface area contributed by atoms with Gasteiger partial charge < -0.3 is 14.6 Å². The van der Waals surface area contributed by atoms with Gasteiger partial charge in [-0.15, -0.1) is 0 Å². The van der Waals surface area contributed by atoms with Crippen LogP contribution in [0.4, 0.5) is 0 Å². The van der Waals surface area contributed by atoms with E-state index in [-0.39, 0.29) is 11.5 Å². The molecule has 3 rings (SSSR count). The lowest BCUT2D eigenvalue weighted by Gasteiger charge is -2.17. The molecule has 1 aromatic carbocycles. The molecular formula is C20H24N2O3. The van der Waals surface area contributed by atoms with Crippen LogP contribution in [0.15, 0.2) is 35.1 Å².